The molecule has 0 unspecified atom stereocenters. The Hall–Kier alpha value is -2.19. The molecule has 3 aromatic heterocycles. The Balaban J connectivity index is 1.65. The molecule has 0 spiro atoms. The lowest BCUT2D eigenvalue weighted by Gasteiger charge is -2.32. The van der Waals surface area contributed by atoms with E-state index in [0.717, 1.165) is 25.7 Å². The molecule has 1 saturated carbocycles. The maximum absolute atomic E-state index is 12.9. The number of aromatic amines is 1. The first-order chi connectivity index (χ1) is 11.6. The molecule has 126 valence electrons. The summed E-state index contributed by atoms with van der Waals surface area (Å²) in [6.07, 6.45) is 10.6. The third-order valence-corrected chi connectivity index (χ3v) is 6.13. The van der Waals surface area contributed by atoms with Gasteiger partial charge in [0.05, 0.1) is 6.04 Å². The second-order valence-electron chi connectivity index (χ2n) is 6.12. The van der Waals surface area contributed by atoms with Crippen molar-refractivity contribution in [1.29, 1.82) is 0 Å². The van der Waals surface area contributed by atoms with Crippen LogP contribution in [-0.2, 0) is 10.0 Å². The molecule has 3 aromatic rings. The molecule has 2 atom stereocenters. The molecule has 2 N–H and O–H groups in total. The van der Waals surface area contributed by atoms with Crippen LogP contribution < -0.4 is 4.72 Å². The van der Waals surface area contributed by atoms with Crippen LogP contribution in [0.1, 0.15) is 31.7 Å². The summed E-state index contributed by atoms with van der Waals surface area (Å²) in [5, 5.41) is 4.91. The summed E-state index contributed by atoms with van der Waals surface area (Å²) in [7, 11) is -3.63. The van der Waals surface area contributed by atoms with Crippen LogP contribution in [0.2, 0.25) is 0 Å². The quantitative estimate of drug-likeness (QED) is 0.758. The van der Waals surface area contributed by atoms with Gasteiger partial charge in [0, 0.05) is 36.2 Å². The van der Waals surface area contributed by atoms with Crippen LogP contribution in [0.5, 0.6) is 0 Å². The average Bonchev–Trinajstić information content (AvgIpc) is 3.25. The number of H-pyrrole nitrogens is 1. The minimum atomic E-state index is -3.63. The molecule has 0 bridgehead atoms. The minimum Gasteiger partial charge on any atom is -0.345 e. The van der Waals surface area contributed by atoms with Gasteiger partial charge in [0.15, 0.2) is 0 Å². The van der Waals surface area contributed by atoms with Gasteiger partial charge >= 0.3 is 0 Å². The Kier molecular flexibility index (Phi) is 3.85. The van der Waals surface area contributed by atoms with Crippen LogP contribution in [0, 0.1) is 0 Å². The maximum Gasteiger partial charge on any atom is 0.243 e. The Morgan fingerprint density at radius 2 is 2.08 bits per heavy atom. The zero-order chi connectivity index (χ0) is 16.6. The standard InChI is InChI=1S/C16H19N5O2S/c22-24(23,15-11-18-16-12(15)5-3-8-17-16)20-13-6-1-2-7-14(13)21-10-4-9-19-21/h3-5,8-11,13-14,20H,1-2,6-7H2,(H,17,18)/t13-,14+/m1/s1. The number of pyridine rings is 1. The first-order valence-corrected chi connectivity index (χ1v) is 9.57. The highest BCUT2D eigenvalue weighted by atomic mass is 32.2. The lowest BCUT2D eigenvalue weighted by molar-refractivity contribution is 0.270. The molecule has 0 aromatic carbocycles. The van der Waals surface area contributed by atoms with Gasteiger partial charge in [0.2, 0.25) is 10.0 Å². The molecular weight excluding hydrogens is 326 g/mol. The highest BCUT2D eigenvalue weighted by Crippen LogP contribution is 2.30. The number of rotatable bonds is 4. The topological polar surface area (TPSA) is 92.7 Å². The average molecular weight is 345 g/mol. The van der Waals surface area contributed by atoms with E-state index in [1.165, 1.54) is 6.20 Å². The monoisotopic (exact) mass is 345 g/mol. The zero-order valence-electron chi connectivity index (χ0n) is 13.1. The van der Waals surface area contributed by atoms with Crippen molar-refractivity contribution in [2.75, 3.05) is 0 Å². The maximum atomic E-state index is 12.9. The number of sulfonamides is 1. The SMILES string of the molecule is O=S(=O)(N[C@@H]1CCCC[C@@H]1n1cccn1)c1c[nH]c2ncccc12. The van der Waals surface area contributed by atoms with Gasteiger partial charge in [-0.05, 0) is 31.0 Å². The van der Waals surface area contributed by atoms with Crippen molar-refractivity contribution in [3.8, 4) is 0 Å². The second-order valence-corrected chi connectivity index (χ2v) is 7.80. The molecule has 24 heavy (non-hydrogen) atoms. The number of hydrogen-bond acceptors (Lipinski definition) is 4. The van der Waals surface area contributed by atoms with Gasteiger partial charge in [-0.2, -0.15) is 5.10 Å². The molecule has 1 aliphatic rings. The molecule has 7 nitrogen and oxygen atoms in total. The Labute approximate surface area is 140 Å². The third kappa shape index (κ3) is 2.71. The van der Waals surface area contributed by atoms with E-state index in [9.17, 15) is 8.42 Å². The summed E-state index contributed by atoms with van der Waals surface area (Å²) < 4.78 is 30.6. The summed E-state index contributed by atoms with van der Waals surface area (Å²) >= 11 is 0. The molecule has 4 rings (SSSR count). The lowest BCUT2D eigenvalue weighted by Crippen LogP contribution is -2.43. The molecule has 0 amide bonds. The van der Waals surface area contributed by atoms with Crippen LogP contribution in [0.25, 0.3) is 11.0 Å². The summed E-state index contributed by atoms with van der Waals surface area (Å²) in [4.78, 5) is 7.32. The number of nitrogens with one attached hydrogen (secondary N) is 2. The summed E-state index contributed by atoms with van der Waals surface area (Å²) in [6, 6.07) is 5.25. The van der Waals surface area contributed by atoms with E-state index in [0.29, 0.717) is 11.0 Å². The van der Waals surface area contributed by atoms with Crippen LogP contribution in [0.15, 0.2) is 47.9 Å². The van der Waals surface area contributed by atoms with Crippen molar-refractivity contribution in [2.45, 2.75) is 42.7 Å². The first kappa shape index (κ1) is 15.3. The fourth-order valence-electron chi connectivity index (χ4n) is 3.46. The van der Waals surface area contributed by atoms with Gasteiger partial charge in [0.1, 0.15) is 10.5 Å². The largest absolute Gasteiger partial charge is 0.345 e. The van der Waals surface area contributed by atoms with E-state index in [-0.39, 0.29) is 17.0 Å². The minimum absolute atomic E-state index is 0.0480. The van der Waals surface area contributed by atoms with E-state index in [2.05, 4.69) is 19.8 Å². The van der Waals surface area contributed by atoms with Crippen molar-refractivity contribution in [2.24, 2.45) is 0 Å². The first-order valence-electron chi connectivity index (χ1n) is 8.09. The van der Waals surface area contributed by atoms with Gasteiger partial charge in [-0.25, -0.2) is 18.1 Å². The van der Waals surface area contributed by atoms with E-state index in [1.807, 2.05) is 16.9 Å². The summed E-state index contributed by atoms with van der Waals surface area (Å²) in [5.74, 6) is 0. The summed E-state index contributed by atoms with van der Waals surface area (Å²) in [5.41, 5.74) is 0.574. The smallest absolute Gasteiger partial charge is 0.243 e. The van der Waals surface area contributed by atoms with Crippen molar-refractivity contribution < 1.29 is 8.42 Å². The third-order valence-electron chi connectivity index (χ3n) is 4.60. The zero-order valence-corrected chi connectivity index (χ0v) is 13.9. The molecule has 0 saturated heterocycles. The van der Waals surface area contributed by atoms with Crippen LogP contribution in [0.3, 0.4) is 0 Å². The number of nitrogens with zero attached hydrogens (tertiary/aromatic N) is 3. The summed E-state index contributed by atoms with van der Waals surface area (Å²) in [6.45, 7) is 0. The van der Waals surface area contributed by atoms with Crippen molar-refractivity contribution in [3.63, 3.8) is 0 Å². The predicted octanol–water partition coefficient (Wildman–Crippen LogP) is 2.22. The molecule has 8 heteroatoms. The lowest BCUT2D eigenvalue weighted by atomic mass is 9.91. The van der Waals surface area contributed by atoms with Crippen LogP contribution in [-0.4, -0.2) is 34.2 Å². The predicted molar refractivity (Wildman–Crippen MR) is 89.9 cm³/mol. The Bertz CT molecular complexity index is 932. The Morgan fingerprint density at radius 3 is 2.92 bits per heavy atom. The van der Waals surface area contributed by atoms with Gasteiger partial charge in [-0.1, -0.05) is 12.8 Å². The van der Waals surface area contributed by atoms with E-state index >= 15 is 0 Å². The fourth-order valence-corrected chi connectivity index (χ4v) is 4.93. The molecule has 1 aliphatic carbocycles. The highest BCUT2D eigenvalue weighted by molar-refractivity contribution is 7.89. The van der Waals surface area contributed by atoms with Gasteiger partial charge in [-0.3, -0.25) is 4.68 Å². The van der Waals surface area contributed by atoms with E-state index in [1.54, 1.807) is 24.5 Å². The normalized spacial score (nSPS) is 22.0. The van der Waals surface area contributed by atoms with Crippen LogP contribution >= 0.6 is 0 Å². The number of hydrogen-bond donors (Lipinski definition) is 2. The second kappa shape index (κ2) is 6.03. The molecule has 0 aliphatic heterocycles. The van der Waals surface area contributed by atoms with Crippen LogP contribution in [0.4, 0.5) is 0 Å². The Morgan fingerprint density at radius 1 is 1.21 bits per heavy atom. The number of aromatic nitrogens is 4. The van der Waals surface area contributed by atoms with E-state index in [4.69, 9.17) is 0 Å². The van der Waals surface area contributed by atoms with Crippen molar-refractivity contribution in [3.05, 3.63) is 43.0 Å². The molecule has 3 heterocycles. The molecular formula is C16H19N5O2S. The van der Waals surface area contributed by atoms with Crippen molar-refractivity contribution in [1.82, 2.24) is 24.5 Å². The van der Waals surface area contributed by atoms with Gasteiger partial charge < -0.3 is 4.98 Å². The van der Waals surface area contributed by atoms with E-state index < -0.39 is 10.0 Å². The molecule has 0 radical (unpaired) electrons. The van der Waals surface area contributed by atoms with Gasteiger partial charge in [0.25, 0.3) is 0 Å². The molecule has 1 fully saturated rings. The fraction of sp³-hybridized carbons (Fsp3) is 0.375. The van der Waals surface area contributed by atoms with Gasteiger partial charge in [-0.15, -0.1) is 0 Å². The van der Waals surface area contributed by atoms with Crippen molar-refractivity contribution >= 4 is 21.1 Å². The highest BCUT2D eigenvalue weighted by Gasteiger charge is 2.32. The number of fused-ring (bicyclic) bond motifs is 1.